The van der Waals surface area contributed by atoms with Gasteiger partial charge >= 0.3 is 0 Å². The first kappa shape index (κ1) is 12.3. The summed E-state index contributed by atoms with van der Waals surface area (Å²) in [6.07, 6.45) is -6.40. The largest absolute Gasteiger partial charge is 0.395 e. The molecule has 0 aromatic carbocycles. The van der Waals surface area contributed by atoms with Crippen LogP contribution in [0.25, 0.3) is 0 Å². The smallest absolute Gasteiger partial charge is 0.254 e. The highest BCUT2D eigenvalue weighted by molar-refractivity contribution is 5.81. The number of amides is 1. The molecule has 0 aromatic heterocycles. The van der Waals surface area contributed by atoms with E-state index in [2.05, 4.69) is 0 Å². The van der Waals surface area contributed by atoms with E-state index >= 15 is 0 Å². The Hall–Kier alpha value is -0.730. The van der Waals surface area contributed by atoms with Gasteiger partial charge in [0.25, 0.3) is 5.91 Å². The van der Waals surface area contributed by atoms with E-state index in [1.54, 1.807) is 0 Å². The van der Waals surface area contributed by atoms with Gasteiger partial charge in [-0.3, -0.25) is 4.79 Å². The standard InChI is InChI=1S/C8H15NO6/c10-2-1-9-3-4(11)5(12)6(13)7(14)8(9)15/h4-7,10-14H,1-3H2/t4-,5-,6+,7-/m1/s1. The third-order valence-corrected chi connectivity index (χ3v) is 2.41. The van der Waals surface area contributed by atoms with Crippen LogP contribution < -0.4 is 0 Å². The summed E-state index contributed by atoms with van der Waals surface area (Å²) in [5.74, 6) is -0.813. The maximum atomic E-state index is 11.4. The van der Waals surface area contributed by atoms with Gasteiger partial charge in [-0.15, -0.1) is 0 Å². The summed E-state index contributed by atoms with van der Waals surface area (Å²) >= 11 is 0. The van der Waals surface area contributed by atoms with Crippen molar-refractivity contribution in [2.24, 2.45) is 0 Å². The first-order chi connectivity index (χ1) is 6.99. The molecule has 1 saturated heterocycles. The van der Waals surface area contributed by atoms with Crippen LogP contribution in [0.1, 0.15) is 0 Å². The lowest BCUT2D eigenvalue weighted by Crippen LogP contribution is -2.45. The van der Waals surface area contributed by atoms with Gasteiger partial charge < -0.3 is 30.4 Å². The van der Waals surface area contributed by atoms with E-state index in [9.17, 15) is 25.2 Å². The number of rotatable bonds is 2. The Labute approximate surface area is 86.2 Å². The van der Waals surface area contributed by atoms with Crippen LogP contribution in [0.4, 0.5) is 0 Å². The number of aliphatic hydroxyl groups excluding tert-OH is 5. The van der Waals surface area contributed by atoms with E-state index < -0.39 is 30.3 Å². The lowest BCUT2D eigenvalue weighted by molar-refractivity contribution is -0.147. The Balaban J connectivity index is 2.83. The van der Waals surface area contributed by atoms with Crippen LogP contribution in [0, 0.1) is 0 Å². The third-order valence-electron chi connectivity index (χ3n) is 2.41. The molecule has 7 heteroatoms. The summed E-state index contributed by atoms with van der Waals surface area (Å²) in [6, 6.07) is 0. The number of carbonyl (C=O) groups is 1. The van der Waals surface area contributed by atoms with Crippen molar-refractivity contribution in [2.75, 3.05) is 19.7 Å². The van der Waals surface area contributed by atoms with Gasteiger partial charge in [-0.2, -0.15) is 0 Å². The van der Waals surface area contributed by atoms with Gasteiger partial charge in [0.15, 0.2) is 6.10 Å². The number of β-amino-alcohol motifs (C(OH)–C–C–N with tert-alkyl or cyclic N) is 2. The monoisotopic (exact) mass is 221 g/mol. The van der Waals surface area contributed by atoms with Crippen LogP contribution in [0.15, 0.2) is 0 Å². The molecular weight excluding hydrogens is 206 g/mol. The summed E-state index contributed by atoms with van der Waals surface area (Å²) in [5, 5.41) is 45.9. The number of aliphatic hydroxyl groups is 5. The van der Waals surface area contributed by atoms with E-state index in [4.69, 9.17) is 5.11 Å². The lowest BCUT2D eigenvalue weighted by Gasteiger charge is -2.22. The van der Waals surface area contributed by atoms with Crippen molar-refractivity contribution in [3.63, 3.8) is 0 Å². The molecule has 4 atom stereocenters. The van der Waals surface area contributed by atoms with Crippen molar-refractivity contribution in [1.82, 2.24) is 4.90 Å². The zero-order valence-corrected chi connectivity index (χ0v) is 8.02. The minimum Gasteiger partial charge on any atom is -0.395 e. The summed E-state index contributed by atoms with van der Waals surface area (Å²) in [7, 11) is 0. The molecule has 0 saturated carbocycles. The Bertz CT molecular complexity index is 235. The average Bonchev–Trinajstić information content (AvgIpc) is 2.28. The molecule has 1 amide bonds. The lowest BCUT2D eigenvalue weighted by atomic mass is 10.1. The van der Waals surface area contributed by atoms with Crippen molar-refractivity contribution >= 4 is 5.91 Å². The Morgan fingerprint density at radius 1 is 1.20 bits per heavy atom. The van der Waals surface area contributed by atoms with E-state index in [-0.39, 0.29) is 19.7 Å². The summed E-state index contributed by atoms with van der Waals surface area (Å²) in [4.78, 5) is 12.4. The molecule has 0 spiro atoms. The van der Waals surface area contributed by atoms with Gasteiger partial charge in [0.1, 0.15) is 18.3 Å². The predicted molar refractivity (Wildman–Crippen MR) is 47.7 cm³/mol. The zero-order chi connectivity index (χ0) is 11.6. The molecule has 5 N–H and O–H groups in total. The Morgan fingerprint density at radius 3 is 2.33 bits per heavy atom. The van der Waals surface area contributed by atoms with Crippen molar-refractivity contribution in [2.45, 2.75) is 24.4 Å². The number of nitrogens with zero attached hydrogens (tertiary/aromatic N) is 1. The first-order valence-electron chi connectivity index (χ1n) is 4.61. The summed E-state index contributed by atoms with van der Waals surface area (Å²) in [5.41, 5.74) is 0. The fraction of sp³-hybridized carbons (Fsp3) is 0.875. The van der Waals surface area contributed by atoms with Gasteiger partial charge in [-0.05, 0) is 0 Å². The molecule has 15 heavy (non-hydrogen) atoms. The SMILES string of the molecule is O=C1[C@H](O)[C@@H](O)[C@H](O)[C@H](O)CN1CCO. The van der Waals surface area contributed by atoms with Crippen LogP contribution in [0.3, 0.4) is 0 Å². The first-order valence-corrected chi connectivity index (χ1v) is 4.61. The highest BCUT2D eigenvalue weighted by Gasteiger charge is 2.41. The molecule has 1 rings (SSSR count). The number of hydrogen-bond donors (Lipinski definition) is 5. The van der Waals surface area contributed by atoms with Crippen molar-refractivity contribution in [3.8, 4) is 0 Å². The fourth-order valence-electron chi connectivity index (χ4n) is 1.49. The molecule has 7 nitrogen and oxygen atoms in total. The number of hydrogen-bond acceptors (Lipinski definition) is 6. The second kappa shape index (κ2) is 4.86. The molecular formula is C8H15NO6. The Morgan fingerprint density at radius 2 is 1.80 bits per heavy atom. The van der Waals surface area contributed by atoms with E-state index in [0.717, 1.165) is 4.90 Å². The second-order valence-corrected chi connectivity index (χ2v) is 3.50. The van der Waals surface area contributed by atoms with Gasteiger partial charge in [0.2, 0.25) is 0 Å². The normalized spacial score (nSPS) is 37.9. The fourth-order valence-corrected chi connectivity index (χ4v) is 1.49. The van der Waals surface area contributed by atoms with Gasteiger partial charge in [-0.25, -0.2) is 0 Å². The minimum absolute atomic E-state index is 0.0631. The third kappa shape index (κ3) is 2.44. The van der Waals surface area contributed by atoms with Gasteiger partial charge in [0, 0.05) is 13.1 Å². The highest BCUT2D eigenvalue weighted by Crippen LogP contribution is 2.14. The summed E-state index contributed by atoms with van der Waals surface area (Å²) < 4.78 is 0. The molecule has 0 bridgehead atoms. The number of likely N-dealkylation sites (tertiary alicyclic amines) is 1. The van der Waals surface area contributed by atoms with Crippen LogP contribution in [0.5, 0.6) is 0 Å². The van der Waals surface area contributed by atoms with Crippen LogP contribution in [-0.2, 0) is 4.79 Å². The maximum absolute atomic E-state index is 11.4. The van der Waals surface area contributed by atoms with Gasteiger partial charge in [-0.1, -0.05) is 0 Å². The molecule has 0 radical (unpaired) electrons. The van der Waals surface area contributed by atoms with Crippen molar-refractivity contribution in [1.29, 1.82) is 0 Å². The minimum atomic E-state index is -1.77. The molecule has 0 aromatic rings. The zero-order valence-electron chi connectivity index (χ0n) is 8.02. The molecule has 1 aliphatic rings. The summed E-state index contributed by atoms with van der Waals surface area (Å²) in [6.45, 7) is -0.613. The molecule has 0 aliphatic carbocycles. The van der Waals surface area contributed by atoms with E-state index in [1.807, 2.05) is 0 Å². The average molecular weight is 221 g/mol. The second-order valence-electron chi connectivity index (χ2n) is 3.50. The molecule has 1 fully saturated rings. The Kier molecular flexibility index (Phi) is 4.00. The van der Waals surface area contributed by atoms with E-state index in [1.165, 1.54) is 0 Å². The maximum Gasteiger partial charge on any atom is 0.254 e. The molecule has 1 heterocycles. The molecule has 0 unspecified atom stereocenters. The van der Waals surface area contributed by atoms with Crippen LogP contribution >= 0.6 is 0 Å². The van der Waals surface area contributed by atoms with E-state index in [0.29, 0.717) is 0 Å². The highest BCUT2D eigenvalue weighted by atomic mass is 16.4. The van der Waals surface area contributed by atoms with Crippen LogP contribution in [-0.4, -0.2) is 80.5 Å². The predicted octanol–water partition coefficient (Wildman–Crippen LogP) is -3.74. The molecule has 88 valence electrons. The van der Waals surface area contributed by atoms with Crippen molar-refractivity contribution < 1.29 is 30.3 Å². The molecule has 1 aliphatic heterocycles. The van der Waals surface area contributed by atoms with Gasteiger partial charge in [0.05, 0.1) is 6.61 Å². The number of carbonyl (C=O) groups excluding carboxylic acids is 1. The topological polar surface area (TPSA) is 121 Å². The van der Waals surface area contributed by atoms with Crippen LogP contribution in [0.2, 0.25) is 0 Å². The van der Waals surface area contributed by atoms with Crippen molar-refractivity contribution in [3.05, 3.63) is 0 Å². The quantitative estimate of drug-likeness (QED) is 0.327.